The summed E-state index contributed by atoms with van der Waals surface area (Å²) in [6.07, 6.45) is 0.972. The molecule has 0 fully saturated rings. The van der Waals surface area contributed by atoms with Gasteiger partial charge < -0.3 is 14.8 Å². The van der Waals surface area contributed by atoms with Crippen LogP contribution in [0.25, 0.3) is 0 Å². The Labute approximate surface area is 100 Å². The van der Waals surface area contributed by atoms with Gasteiger partial charge in [0.2, 0.25) is 0 Å². The Morgan fingerprint density at radius 2 is 2.33 bits per heavy atom. The monoisotopic (exact) mass is 247 g/mol. The molecule has 2 N–H and O–H groups in total. The Kier molecular flexibility index (Phi) is 2.93. The molecule has 2 rings (SSSR count). The average molecular weight is 247 g/mol. The highest BCUT2D eigenvalue weighted by molar-refractivity contribution is 5.85. The highest BCUT2D eigenvalue weighted by Crippen LogP contribution is 2.18. The summed E-state index contributed by atoms with van der Waals surface area (Å²) in [7, 11) is 0. The number of carboxylic acids is 1. The second-order valence-electron chi connectivity index (χ2n) is 3.27. The lowest BCUT2D eigenvalue weighted by molar-refractivity contribution is 0.0690. The molecule has 90 valence electrons. The van der Waals surface area contributed by atoms with Gasteiger partial charge in [0.25, 0.3) is 6.01 Å². The van der Waals surface area contributed by atoms with Gasteiger partial charge in [-0.05, 0) is 18.2 Å². The zero-order valence-corrected chi connectivity index (χ0v) is 8.85. The van der Waals surface area contributed by atoms with Gasteiger partial charge in [0, 0.05) is 5.69 Å². The molecule has 0 amide bonds. The number of rotatable bonds is 3. The van der Waals surface area contributed by atoms with Crippen molar-refractivity contribution in [1.29, 1.82) is 5.26 Å². The van der Waals surface area contributed by atoms with Gasteiger partial charge in [0.1, 0.15) is 18.1 Å². The van der Waals surface area contributed by atoms with E-state index in [1.54, 1.807) is 6.07 Å². The van der Waals surface area contributed by atoms with Gasteiger partial charge in [0.05, 0.1) is 5.56 Å². The Morgan fingerprint density at radius 1 is 1.56 bits per heavy atom. The van der Waals surface area contributed by atoms with Crippen LogP contribution in [0.3, 0.4) is 0 Å². The number of nitriles is 1. The number of hydrogen-bond acceptors (Lipinski definition) is 5. The second-order valence-corrected chi connectivity index (χ2v) is 3.27. The number of nitrogens with zero attached hydrogens (tertiary/aromatic N) is 2. The molecule has 0 unspecified atom stereocenters. The molecule has 0 aliphatic rings. The fourth-order valence-corrected chi connectivity index (χ4v) is 1.24. The number of halogens is 1. The standard InChI is InChI=1S/C11H6FN3O3/c12-8-2-1-7(3-6(8)4-13)14-11-15-9(5-18-11)10(16)17/h1-3,5H,(H,14,15)(H,16,17). The number of nitrogens with one attached hydrogen (secondary N) is 1. The van der Waals surface area contributed by atoms with Gasteiger partial charge >= 0.3 is 5.97 Å². The molecule has 0 bridgehead atoms. The van der Waals surface area contributed by atoms with Gasteiger partial charge in [-0.2, -0.15) is 10.2 Å². The van der Waals surface area contributed by atoms with Crippen molar-refractivity contribution in [2.45, 2.75) is 0 Å². The minimum atomic E-state index is -1.22. The topological polar surface area (TPSA) is 99.2 Å². The third-order valence-electron chi connectivity index (χ3n) is 2.06. The summed E-state index contributed by atoms with van der Waals surface area (Å²) in [6.45, 7) is 0. The molecule has 0 saturated heterocycles. The maximum Gasteiger partial charge on any atom is 0.357 e. The van der Waals surface area contributed by atoms with Crippen LogP contribution in [-0.2, 0) is 0 Å². The predicted octanol–water partition coefficient (Wildman–Crippen LogP) is 2.13. The molecule has 7 heteroatoms. The van der Waals surface area contributed by atoms with Gasteiger partial charge in [-0.25, -0.2) is 9.18 Å². The van der Waals surface area contributed by atoms with E-state index in [1.807, 2.05) is 0 Å². The van der Waals surface area contributed by atoms with Crippen molar-refractivity contribution < 1.29 is 18.7 Å². The van der Waals surface area contributed by atoms with Crippen LogP contribution in [-0.4, -0.2) is 16.1 Å². The molecule has 6 nitrogen and oxygen atoms in total. The summed E-state index contributed by atoms with van der Waals surface area (Å²) in [4.78, 5) is 14.2. The number of hydrogen-bond donors (Lipinski definition) is 2. The van der Waals surface area contributed by atoms with Gasteiger partial charge in [0.15, 0.2) is 5.69 Å². The average Bonchev–Trinajstić information content (AvgIpc) is 2.80. The minimum Gasteiger partial charge on any atom is -0.476 e. The zero-order valence-electron chi connectivity index (χ0n) is 8.85. The summed E-state index contributed by atoms with van der Waals surface area (Å²) in [5.41, 5.74) is -0.0168. The van der Waals surface area contributed by atoms with Gasteiger partial charge in [-0.1, -0.05) is 0 Å². The van der Waals surface area contributed by atoms with Crippen LogP contribution in [0.2, 0.25) is 0 Å². The Balaban J connectivity index is 2.23. The van der Waals surface area contributed by atoms with Crippen molar-refractivity contribution in [1.82, 2.24) is 4.98 Å². The van der Waals surface area contributed by atoms with Crippen LogP contribution in [0.4, 0.5) is 16.1 Å². The Hall–Kier alpha value is -2.88. The number of oxazole rings is 1. The van der Waals surface area contributed by atoms with Crippen LogP contribution in [0.1, 0.15) is 16.1 Å². The van der Waals surface area contributed by atoms with E-state index in [4.69, 9.17) is 14.8 Å². The lowest BCUT2D eigenvalue weighted by atomic mass is 10.2. The largest absolute Gasteiger partial charge is 0.476 e. The third kappa shape index (κ3) is 2.27. The number of benzene rings is 1. The van der Waals surface area contributed by atoms with Crippen molar-refractivity contribution in [3.05, 3.63) is 41.5 Å². The van der Waals surface area contributed by atoms with E-state index in [0.717, 1.165) is 12.3 Å². The summed E-state index contributed by atoms with van der Waals surface area (Å²) in [5, 5.41) is 19.9. The van der Waals surface area contributed by atoms with E-state index in [1.165, 1.54) is 12.1 Å². The molecule has 0 spiro atoms. The molecule has 18 heavy (non-hydrogen) atoms. The summed E-state index contributed by atoms with van der Waals surface area (Å²) < 4.78 is 17.9. The maximum atomic E-state index is 13.1. The molecular weight excluding hydrogens is 241 g/mol. The first-order valence-electron chi connectivity index (χ1n) is 4.75. The Morgan fingerprint density at radius 3 is 2.94 bits per heavy atom. The predicted molar refractivity (Wildman–Crippen MR) is 57.9 cm³/mol. The molecule has 1 heterocycles. The van der Waals surface area contributed by atoms with E-state index in [0.29, 0.717) is 5.69 Å². The number of carboxylic acid groups (broad SMARTS) is 1. The third-order valence-corrected chi connectivity index (χ3v) is 2.06. The van der Waals surface area contributed by atoms with E-state index >= 15 is 0 Å². The molecule has 0 aliphatic heterocycles. The normalized spacial score (nSPS) is 9.78. The van der Waals surface area contributed by atoms with Crippen LogP contribution >= 0.6 is 0 Å². The zero-order chi connectivity index (χ0) is 13.1. The van der Waals surface area contributed by atoms with E-state index in [2.05, 4.69) is 10.3 Å². The highest BCUT2D eigenvalue weighted by Gasteiger charge is 2.11. The quantitative estimate of drug-likeness (QED) is 0.861. The maximum absolute atomic E-state index is 13.1. The molecular formula is C11H6FN3O3. The van der Waals surface area contributed by atoms with Crippen molar-refractivity contribution in [2.75, 3.05) is 5.32 Å². The van der Waals surface area contributed by atoms with Crippen LogP contribution in [0, 0.1) is 17.1 Å². The minimum absolute atomic E-state index is 0.0529. The lowest BCUT2D eigenvalue weighted by Crippen LogP contribution is -1.97. The fraction of sp³-hybridized carbons (Fsp3) is 0. The molecule has 0 saturated carbocycles. The SMILES string of the molecule is N#Cc1cc(Nc2nc(C(=O)O)co2)ccc1F. The summed E-state index contributed by atoms with van der Waals surface area (Å²) in [6, 6.07) is 5.38. The number of anilines is 2. The van der Waals surface area contributed by atoms with Crippen LogP contribution in [0.5, 0.6) is 0 Å². The van der Waals surface area contributed by atoms with Crippen molar-refractivity contribution >= 4 is 17.7 Å². The fourth-order valence-electron chi connectivity index (χ4n) is 1.24. The molecule has 0 radical (unpaired) electrons. The van der Waals surface area contributed by atoms with Crippen molar-refractivity contribution in [3.63, 3.8) is 0 Å². The highest BCUT2D eigenvalue weighted by atomic mass is 19.1. The Bertz CT molecular complexity index is 645. The van der Waals surface area contributed by atoms with Crippen LogP contribution < -0.4 is 5.32 Å². The van der Waals surface area contributed by atoms with E-state index in [-0.39, 0.29) is 17.3 Å². The lowest BCUT2D eigenvalue weighted by Gasteiger charge is -2.01. The van der Waals surface area contributed by atoms with Crippen molar-refractivity contribution in [2.24, 2.45) is 0 Å². The number of aromatic carboxylic acids is 1. The molecule has 1 aromatic carbocycles. The second kappa shape index (κ2) is 4.55. The van der Waals surface area contributed by atoms with Gasteiger partial charge in [-0.15, -0.1) is 0 Å². The van der Waals surface area contributed by atoms with Crippen LogP contribution in [0.15, 0.2) is 28.9 Å². The first-order valence-corrected chi connectivity index (χ1v) is 4.75. The molecule has 0 atom stereocenters. The smallest absolute Gasteiger partial charge is 0.357 e. The molecule has 1 aromatic heterocycles. The van der Waals surface area contributed by atoms with Crippen molar-refractivity contribution in [3.8, 4) is 6.07 Å². The van der Waals surface area contributed by atoms with E-state index in [9.17, 15) is 9.18 Å². The summed E-state index contributed by atoms with van der Waals surface area (Å²) >= 11 is 0. The number of aromatic nitrogens is 1. The molecule has 2 aromatic rings. The molecule has 0 aliphatic carbocycles. The number of carbonyl (C=O) groups is 1. The summed E-state index contributed by atoms with van der Waals surface area (Å²) in [5.74, 6) is -1.86. The first kappa shape index (κ1) is 11.6. The first-order chi connectivity index (χ1) is 8.60. The van der Waals surface area contributed by atoms with Gasteiger partial charge in [-0.3, -0.25) is 0 Å². The van der Waals surface area contributed by atoms with E-state index < -0.39 is 11.8 Å².